The lowest BCUT2D eigenvalue weighted by Gasteiger charge is -2.14. The number of hydrogen-bond donors (Lipinski definition) is 2. The van der Waals surface area contributed by atoms with Crippen molar-refractivity contribution in [3.63, 3.8) is 0 Å². The highest BCUT2D eigenvalue weighted by atomic mass is 16.5. The highest BCUT2D eigenvalue weighted by molar-refractivity contribution is 5.86. The highest BCUT2D eigenvalue weighted by Gasteiger charge is 2.34. The van der Waals surface area contributed by atoms with E-state index in [2.05, 4.69) is 18.2 Å². The van der Waals surface area contributed by atoms with Gasteiger partial charge in [0.05, 0.1) is 18.8 Å². The van der Waals surface area contributed by atoms with Crippen molar-refractivity contribution in [2.75, 3.05) is 6.61 Å². The first kappa shape index (κ1) is 11.7. The summed E-state index contributed by atoms with van der Waals surface area (Å²) >= 11 is 0. The molecule has 0 saturated carbocycles. The number of hydrogen-bond acceptors (Lipinski definition) is 3. The summed E-state index contributed by atoms with van der Waals surface area (Å²) in [6.07, 6.45) is -0.643. The molecule has 3 nitrogen and oxygen atoms in total. The molecule has 0 aromatic heterocycles. The third kappa shape index (κ3) is 1.90. The van der Waals surface area contributed by atoms with Crippen molar-refractivity contribution in [3.8, 4) is 0 Å². The summed E-state index contributed by atoms with van der Waals surface area (Å²) in [4.78, 5) is 0. The summed E-state index contributed by atoms with van der Waals surface area (Å²) in [7, 11) is 0. The van der Waals surface area contributed by atoms with Gasteiger partial charge >= 0.3 is 0 Å². The largest absolute Gasteiger partial charge is 0.394 e. The van der Waals surface area contributed by atoms with Crippen molar-refractivity contribution < 1.29 is 14.9 Å². The standard InChI is InChI=1S/C15H16O3/c16-9-15-13(17)8-14(18-15)12-7-3-5-10-4-1-2-6-11(10)12/h1-7,13-17H,8-9H2/t13-,14-,15+/m0/s1. The Morgan fingerprint density at radius 3 is 2.67 bits per heavy atom. The first-order valence-corrected chi connectivity index (χ1v) is 6.21. The number of benzene rings is 2. The fourth-order valence-electron chi connectivity index (χ4n) is 2.62. The van der Waals surface area contributed by atoms with Crippen LogP contribution in [-0.2, 0) is 4.74 Å². The first-order valence-electron chi connectivity index (χ1n) is 6.21. The van der Waals surface area contributed by atoms with E-state index in [1.54, 1.807) is 0 Å². The fraction of sp³-hybridized carbons (Fsp3) is 0.333. The molecule has 0 aliphatic carbocycles. The molecule has 2 aromatic rings. The first-order chi connectivity index (χ1) is 8.79. The predicted octanol–water partition coefficient (Wildman–Crippen LogP) is 2.02. The van der Waals surface area contributed by atoms with Gasteiger partial charge in [-0.25, -0.2) is 0 Å². The van der Waals surface area contributed by atoms with Crippen LogP contribution in [0.4, 0.5) is 0 Å². The van der Waals surface area contributed by atoms with Gasteiger partial charge in [0, 0.05) is 6.42 Å². The second-order valence-electron chi connectivity index (χ2n) is 4.72. The van der Waals surface area contributed by atoms with E-state index >= 15 is 0 Å². The van der Waals surface area contributed by atoms with Gasteiger partial charge in [-0.2, -0.15) is 0 Å². The summed E-state index contributed by atoms with van der Waals surface area (Å²) in [6, 6.07) is 14.2. The van der Waals surface area contributed by atoms with E-state index in [0.29, 0.717) is 6.42 Å². The highest BCUT2D eigenvalue weighted by Crippen LogP contribution is 2.36. The normalized spacial score (nSPS) is 27.8. The summed E-state index contributed by atoms with van der Waals surface area (Å²) in [5.41, 5.74) is 1.09. The maximum atomic E-state index is 9.81. The van der Waals surface area contributed by atoms with Crippen LogP contribution in [0.2, 0.25) is 0 Å². The van der Waals surface area contributed by atoms with E-state index in [0.717, 1.165) is 10.9 Å². The Labute approximate surface area is 106 Å². The van der Waals surface area contributed by atoms with Gasteiger partial charge in [0.25, 0.3) is 0 Å². The SMILES string of the molecule is OC[C@H]1O[C@H](c2cccc3ccccc23)C[C@@H]1O. The predicted molar refractivity (Wildman–Crippen MR) is 69.3 cm³/mol. The molecule has 1 heterocycles. The van der Waals surface area contributed by atoms with Gasteiger partial charge in [-0.3, -0.25) is 0 Å². The molecule has 18 heavy (non-hydrogen) atoms. The van der Waals surface area contributed by atoms with E-state index < -0.39 is 12.2 Å². The second kappa shape index (κ2) is 4.69. The molecule has 1 aliphatic rings. The average Bonchev–Trinajstić information content (AvgIpc) is 2.79. The molecule has 0 amide bonds. The lowest BCUT2D eigenvalue weighted by Crippen LogP contribution is -2.24. The lowest BCUT2D eigenvalue weighted by molar-refractivity contribution is -0.0222. The maximum absolute atomic E-state index is 9.81. The van der Waals surface area contributed by atoms with Crippen LogP contribution in [0, 0.1) is 0 Å². The van der Waals surface area contributed by atoms with Crippen LogP contribution in [0.3, 0.4) is 0 Å². The van der Waals surface area contributed by atoms with Gasteiger partial charge in [0.2, 0.25) is 0 Å². The average molecular weight is 244 g/mol. The van der Waals surface area contributed by atoms with Gasteiger partial charge in [0.15, 0.2) is 0 Å². The Kier molecular flexibility index (Phi) is 3.04. The fourth-order valence-corrected chi connectivity index (χ4v) is 2.62. The molecule has 0 spiro atoms. The van der Waals surface area contributed by atoms with Gasteiger partial charge in [0.1, 0.15) is 6.10 Å². The Hall–Kier alpha value is -1.42. The lowest BCUT2D eigenvalue weighted by atomic mass is 9.98. The molecule has 3 heteroatoms. The summed E-state index contributed by atoms with van der Waals surface area (Å²) < 4.78 is 5.72. The zero-order chi connectivity index (χ0) is 12.5. The maximum Gasteiger partial charge on any atom is 0.107 e. The van der Waals surface area contributed by atoms with Crippen LogP contribution in [0.5, 0.6) is 0 Å². The van der Waals surface area contributed by atoms with E-state index in [9.17, 15) is 5.11 Å². The van der Waals surface area contributed by atoms with E-state index in [-0.39, 0.29) is 12.7 Å². The van der Waals surface area contributed by atoms with Crippen molar-refractivity contribution in [2.24, 2.45) is 0 Å². The third-order valence-corrected chi connectivity index (χ3v) is 3.57. The molecule has 94 valence electrons. The molecule has 1 fully saturated rings. The van der Waals surface area contributed by atoms with Crippen molar-refractivity contribution in [1.29, 1.82) is 0 Å². The van der Waals surface area contributed by atoms with Gasteiger partial charge in [-0.15, -0.1) is 0 Å². The van der Waals surface area contributed by atoms with Crippen molar-refractivity contribution in [1.82, 2.24) is 0 Å². The minimum absolute atomic E-state index is 0.136. The Balaban J connectivity index is 2.00. The molecule has 0 radical (unpaired) electrons. The van der Waals surface area contributed by atoms with E-state index in [1.807, 2.05) is 24.3 Å². The van der Waals surface area contributed by atoms with Gasteiger partial charge in [-0.1, -0.05) is 42.5 Å². The summed E-state index contributed by atoms with van der Waals surface area (Å²) in [5.74, 6) is 0. The number of aliphatic hydroxyl groups is 2. The molecule has 3 atom stereocenters. The molecule has 0 unspecified atom stereocenters. The molecule has 1 saturated heterocycles. The van der Waals surface area contributed by atoms with E-state index in [1.165, 1.54) is 5.39 Å². The zero-order valence-corrected chi connectivity index (χ0v) is 9.99. The molecule has 1 aliphatic heterocycles. The molecule has 3 rings (SSSR count). The van der Waals surface area contributed by atoms with Crippen molar-refractivity contribution >= 4 is 10.8 Å². The quantitative estimate of drug-likeness (QED) is 0.849. The van der Waals surface area contributed by atoms with Gasteiger partial charge in [-0.05, 0) is 16.3 Å². The number of ether oxygens (including phenoxy) is 1. The summed E-state index contributed by atoms with van der Waals surface area (Å²) in [6.45, 7) is -0.136. The van der Waals surface area contributed by atoms with Gasteiger partial charge < -0.3 is 14.9 Å². The number of rotatable bonds is 2. The summed E-state index contributed by atoms with van der Waals surface area (Å²) in [5, 5.41) is 21.3. The number of aliphatic hydroxyl groups excluding tert-OH is 2. The number of fused-ring (bicyclic) bond motifs is 1. The second-order valence-corrected chi connectivity index (χ2v) is 4.72. The monoisotopic (exact) mass is 244 g/mol. The molecule has 2 N–H and O–H groups in total. The topological polar surface area (TPSA) is 49.7 Å². The van der Waals surface area contributed by atoms with Crippen LogP contribution in [0.25, 0.3) is 10.8 Å². The minimum Gasteiger partial charge on any atom is -0.394 e. The minimum atomic E-state index is -0.584. The zero-order valence-electron chi connectivity index (χ0n) is 9.99. The van der Waals surface area contributed by atoms with Crippen molar-refractivity contribution in [2.45, 2.75) is 24.7 Å². The molecular formula is C15H16O3. The van der Waals surface area contributed by atoms with Crippen LogP contribution in [0.15, 0.2) is 42.5 Å². The van der Waals surface area contributed by atoms with Crippen LogP contribution in [0.1, 0.15) is 18.1 Å². The third-order valence-electron chi connectivity index (χ3n) is 3.57. The smallest absolute Gasteiger partial charge is 0.107 e. The van der Waals surface area contributed by atoms with Crippen molar-refractivity contribution in [3.05, 3.63) is 48.0 Å². The molecule has 0 bridgehead atoms. The molecule has 2 aromatic carbocycles. The Morgan fingerprint density at radius 1 is 1.11 bits per heavy atom. The Bertz CT molecular complexity index is 547. The molecular weight excluding hydrogens is 228 g/mol. The van der Waals surface area contributed by atoms with Crippen LogP contribution < -0.4 is 0 Å². The van der Waals surface area contributed by atoms with E-state index in [4.69, 9.17) is 9.84 Å². The Morgan fingerprint density at radius 2 is 1.89 bits per heavy atom. The van der Waals surface area contributed by atoms with Crippen LogP contribution in [-0.4, -0.2) is 29.0 Å². The van der Waals surface area contributed by atoms with Crippen LogP contribution >= 0.6 is 0 Å².